The minimum atomic E-state index is -4.83. The summed E-state index contributed by atoms with van der Waals surface area (Å²) in [4.78, 5) is 26.4. The number of amides is 2. The molecule has 0 spiro atoms. The maximum Gasteiger partial charge on any atom is 0.573 e. The average Bonchev–Trinajstić information content (AvgIpc) is 2.61. The van der Waals surface area contributed by atoms with Crippen molar-refractivity contribution in [2.24, 2.45) is 0 Å². The molecule has 1 aliphatic rings. The van der Waals surface area contributed by atoms with Gasteiger partial charge >= 0.3 is 6.36 Å². The number of hydrogen-bond acceptors (Lipinski definition) is 3. The molecule has 1 fully saturated rings. The molecule has 1 heterocycles. The fraction of sp³-hybridized carbons (Fsp3) is 0.222. The van der Waals surface area contributed by atoms with Gasteiger partial charge in [-0.2, -0.15) is 0 Å². The second kappa shape index (κ2) is 7.26. The molecule has 5 nitrogen and oxygen atoms in total. The topological polar surface area (TPSA) is 58.6 Å². The van der Waals surface area contributed by atoms with Gasteiger partial charge in [0.05, 0.1) is 0 Å². The predicted molar refractivity (Wildman–Crippen MR) is 86.3 cm³/mol. The van der Waals surface area contributed by atoms with E-state index in [9.17, 15) is 27.2 Å². The van der Waals surface area contributed by atoms with Crippen molar-refractivity contribution < 1.29 is 31.9 Å². The molecule has 142 valence electrons. The van der Waals surface area contributed by atoms with Gasteiger partial charge < -0.3 is 15.0 Å². The van der Waals surface area contributed by atoms with Crippen molar-refractivity contribution in [1.82, 2.24) is 10.2 Å². The number of ether oxygens (including phenoxy) is 1. The minimum Gasteiger partial charge on any atom is -0.406 e. The molecular formula is C18H14F4N2O3. The highest BCUT2D eigenvalue weighted by atomic mass is 19.4. The van der Waals surface area contributed by atoms with Crippen LogP contribution in [0.2, 0.25) is 0 Å². The van der Waals surface area contributed by atoms with Crippen LogP contribution < -0.4 is 10.1 Å². The fourth-order valence-electron chi connectivity index (χ4n) is 2.83. The zero-order chi connectivity index (χ0) is 19.6. The molecule has 27 heavy (non-hydrogen) atoms. The molecule has 1 unspecified atom stereocenters. The number of carbonyl (C=O) groups excluding carboxylic acids is 2. The van der Waals surface area contributed by atoms with Crippen LogP contribution in [-0.2, 0) is 4.79 Å². The van der Waals surface area contributed by atoms with Crippen LogP contribution >= 0.6 is 0 Å². The number of halogens is 4. The fourth-order valence-corrected chi connectivity index (χ4v) is 2.83. The number of nitrogens with one attached hydrogen (secondary N) is 1. The van der Waals surface area contributed by atoms with Crippen molar-refractivity contribution in [2.45, 2.75) is 12.4 Å². The summed E-state index contributed by atoms with van der Waals surface area (Å²) in [6.07, 6.45) is -4.83. The Morgan fingerprint density at radius 3 is 2.30 bits per heavy atom. The van der Waals surface area contributed by atoms with Gasteiger partial charge in [0, 0.05) is 18.7 Å². The van der Waals surface area contributed by atoms with Crippen LogP contribution in [0, 0.1) is 5.82 Å². The first kappa shape index (κ1) is 18.7. The SMILES string of the molecule is O=C1NCCN(C(=O)c2ccc(F)cc2)C1c1ccc(OC(F)(F)F)cc1. The summed E-state index contributed by atoms with van der Waals surface area (Å²) in [5.41, 5.74) is 0.533. The lowest BCUT2D eigenvalue weighted by atomic mass is 10.0. The van der Waals surface area contributed by atoms with Crippen molar-refractivity contribution in [3.8, 4) is 5.75 Å². The molecule has 2 aromatic carbocycles. The molecule has 0 aliphatic carbocycles. The molecule has 1 saturated heterocycles. The van der Waals surface area contributed by atoms with Gasteiger partial charge in [-0.3, -0.25) is 9.59 Å². The number of benzene rings is 2. The largest absolute Gasteiger partial charge is 0.573 e. The van der Waals surface area contributed by atoms with E-state index in [1.54, 1.807) is 0 Å². The maximum absolute atomic E-state index is 13.1. The molecule has 0 saturated carbocycles. The van der Waals surface area contributed by atoms with Crippen LogP contribution in [0.15, 0.2) is 48.5 Å². The van der Waals surface area contributed by atoms with Crippen LogP contribution in [-0.4, -0.2) is 36.2 Å². The number of hydrogen-bond donors (Lipinski definition) is 1. The monoisotopic (exact) mass is 382 g/mol. The zero-order valence-corrected chi connectivity index (χ0v) is 13.8. The van der Waals surface area contributed by atoms with E-state index in [0.29, 0.717) is 5.56 Å². The average molecular weight is 382 g/mol. The van der Waals surface area contributed by atoms with E-state index < -0.39 is 35.8 Å². The summed E-state index contributed by atoms with van der Waals surface area (Å²) in [6.45, 7) is 0.435. The second-order valence-electron chi connectivity index (χ2n) is 5.82. The summed E-state index contributed by atoms with van der Waals surface area (Å²) in [5, 5.41) is 2.62. The minimum absolute atomic E-state index is 0.202. The highest BCUT2D eigenvalue weighted by Gasteiger charge is 2.35. The molecule has 0 bridgehead atoms. The van der Waals surface area contributed by atoms with Gasteiger partial charge in [-0.25, -0.2) is 4.39 Å². The van der Waals surface area contributed by atoms with E-state index in [1.807, 2.05) is 0 Å². The first-order valence-corrected chi connectivity index (χ1v) is 7.94. The number of rotatable bonds is 3. The second-order valence-corrected chi connectivity index (χ2v) is 5.82. The first-order chi connectivity index (χ1) is 12.7. The zero-order valence-electron chi connectivity index (χ0n) is 13.8. The highest BCUT2D eigenvalue weighted by molar-refractivity contribution is 5.98. The van der Waals surface area contributed by atoms with Crippen LogP contribution in [0.25, 0.3) is 0 Å². The third-order valence-corrected chi connectivity index (χ3v) is 3.99. The Kier molecular flexibility index (Phi) is 5.02. The lowest BCUT2D eigenvalue weighted by Crippen LogP contribution is -2.52. The molecule has 1 N–H and O–H groups in total. The predicted octanol–water partition coefficient (Wildman–Crippen LogP) is 3.04. The van der Waals surface area contributed by atoms with E-state index in [0.717, 1.165) is 24.3 Å². The molecule has 2 amide bonds. The van der Waals surface area contributed by atoms with Crippen molar-refractivity contribution in [3.63, 3.8) is 0 Å². The molecule has 1 aliphatic heterocycles. The van der Waals surface area contributed by atoms with Gasteiger partial charge in [-0.15, -0.1) is 13.2 Å². The van der Waals surface area contributed by atoms with Crippen LogP contribution in [0.1, 0.15) is 22.0 Å². The van der Waals surface area contributed by atoms with E-state index in [2.05, 4.69) is 10.1 Å². The summed E-state index contributed by atoms with van der Waals surface area (Å²) in [5.74, 6) is -1.87. The van der Waals surface area contributed by atoms with Gasteiger partial charge in [0.2, 0.25) is 5.91 Å². The molecule has 9 heteroatoms. The molecule has 3 rings (SSSR count). The van der Waals surface area contributed by atoms with E-state index >= 15 is 0 Å². The normalized spacial score (nSPS) is 17.4. The van der Waals surface area contributed by atoms with Gasteiger partial charge in [-0.05, 0) is 42.0 Å². The van der Waals surface area contributed by atoms with Gasteiger partial charge in [0.15, 0.2) is 0 Å². The van der Waals surface area contributed by atoms with Gasteiger partial charge in [-0.1, -0.05) is 12.1 Å². The quantitative estimate of drug-likeness (QED) is 0.831. The van der Waals surface area contributed by atoms with Crippen LogP contribution in [0.5, 0.6) is 5.75 Å². The Labute approximate surface area is 151 Å². The summed E-state index contributed by atoms with van der Waals surface area (Å²) in [6, 6.07) is 8.60. The van der Waals surface area contributed by atoms with Gasteiger partial charge in [0.1, 0.15) is 17.6 Å². The Morgan fingerprint density at radius 1 is 1.07 bits per heavy atom. The Balaban J connectivity index is 1.87. The Hall–Kier alpha value is -3.10. The van der Waals surface area contributed by atoms with Gasteiger partial charge in [0.25, 0.3) is 5.91 Å². The third kappa shape index (κ3) is 4.36. The Morgan fingerprint density at radius 2 is 1.70 bits per heavy atom. The van der Waals surface area contributed by atoms with Crippen molar-refractivity contribution in [3.05, 3.63) is 65.5 Å². The Bertz CT molecular complexity index is 835. The van der Waals surface area contributed by atoms with Crippen LogP contribution in [0.4, 0.5) is 17.6 Å². The molecular weight excluding hydrogens is 368 g/mol. The van der Waals surface area contributed by atoms with E-state index in [-0.39, 0.29) is 18.7 Å². The molecule has 0 radical (unpaired) electrons. The first-order valence-electron chi connectivity index (χ1n) is 7.94. The third-order valence-electron chi connectivity index (χ3n) is 3.99. The highest BCUT2D eigenvalue weighted by Crippen LogP contribution is 2.29. The number of piperazine rings is 1. The summed E-state index contributed by atoms with van der Waals surface area (Å²) in [7, 11) is 0. The molecule has 1 atom stereocenters. The number of nitrogens with zero attached hydrogens (tertiary/aromatic N) is 1. The molecule has 2 aromatic rings. The van der Waals surface area contributed by atoms with Crippen molar-refractivity contribution in [2.75, 3.05) is 13.1 Å². The van der Waals surface area contributed by atoms with Crippen molar-refractivity contribution in [1.29, 1.82) is 0 Å². The maximum atomic E-state index is 13.1. The number of carbonyl (C=O) groups is 2. The lowest BCUT2D eigenvalue weighted by Gasteiger charge is -2.35. The standard InChI is InChI=1S/C18H14F4N2O3/c19-13-5-1-12(2-6-13)17(26)24-10-9-23-16(25)15(24)11-3-7-14(8-4-11)27-18(20,21)22/h1-8,15H,9-10H2,(H,23,25). The number of alkyl halides is 3. The summed E-state index contributed by atoms with van der Waals surface area (Å²) < 4.78 is 53.7. The lowest BCUT2D eigenvalue weighted by molar-refractivity contribution is -0.274. The van der Waals surface area contributed by atoms with E-state index in [1.165, 1.54) is 29.2 Å². The van der Waals surface area contributed by atoms with E-state index in [4.69, 9.17) is 0 Å². The smallest absolute Gasteiger partial charge is 0.406 e. The van der Waals surface area contributed by atoms with Crippen LogP contribution in [0.3, 0.4) is 0 Å². The molecule has 0 aromatic heterocycles. The van der Waals surface area contributed by atoms with Crippen molar-refractivity contribution >= 4 is 11.8 Å². The summed E-state index contributed by atoms with van der Waals surface area (Å²) >= 11 is 0.